The molecule has 0 aliphatic rings. The topological polar surface area (TPSA) is 36.0 Å². The second kappa shape index (κ2) is 4.75. The molecule has 2 nitrogen and oxygen atoms in total. The van der Waals surface area contributed by atoms with E-state index in [4.69, 9.17) is 11.6 Å². The number of aliphatic hydroxyl groups is 1. The number of aromatic nitrogens is 1. The summed E-state index contributed by atoms with van der Waals surface area (Å²) in [4.78, 5) is 3.10. The molecule has 1 heterocycles. The van der Waals surface area contributed by atoms with Crippen molar-refractivity contribution in [2.24, 2.45) is 0 Å². The monoisotopic (exact) mass is 267 g/mol. The zero-order chi connectivity index (χ0) is 13.4. The Bertz CT molecular complexity index is 592. The van der Waals surface area contributed by atoms with E-state index in [0.717, 1.165) is 16.8 Å². The van der Waals surface area contributed by atoms with Crippen molar-refractivity contribution in [3.8, 4) is 0 Å². The average molecular weight is 268 g/mol. The molecule has 0 spiro atoms. The van der Waals surface area contributed by atoms with Gasteiger partial charge in [0.1, 0.15) is 11.9 Å². The Labute approximate surface area is 110 Å². The Hall–Kier alpha value is -1.32. The number of aliphatic hydroxyl groups excluding tert-OH is 1. The highest BCUT2D eigenvalue weighted by Crippen LogP contribution is 2.30. The van der Waals surface area contributed by atoms with Crippen LogP contribution in [0, 0.1) is 26.6 Å². The van der Waals surface area contributed by atoms with E-state index in [-0.39, 0.29) is 10.6 Å². The molecule has 2 rings (SSSR count). The summed E-state index contributed by atoms with van der Waals surface area (Å²) in [6.07, 6.45) is -1.03. The van der Waals surface area contributed by atoms with Gasteiger partial charge in [0.15, 0.2) is 0 Å². The summed E-state index contributed by atoms with van der Waals surface area (Å²) < 4.78 is 13.9. The lowest BCUT2D eigenvalue weighted by Gasteiger charge is -2.12. The van der Waals surface area contributed by atoms with Gasteiger partial charge >= 0.3 is 0 Å². The molecule has 0 bridgehead atoms. The molecular formula is C14H15ClFNO. The zero-order valence-corrected chi connectivity index (χ0v) is 11.3. The van der Waals surface area contributed by atoms with E-state index in [1.54, 1.807) is 6.07 Å². The molecule has 0 saturated heterocycles. The molecule has 4 heteroatoms. The van der Waals surface area contributed by atoms with Gasteiger partial charge in [-0.3, -0.25) is 0 Å². The van der Waals surface area contributed by atoms with Crippen molar-refractivity contribution >= 4 is 11.6 Å². The van der Waals surface area contributed by atoms with Crippen molar-refractivity contribution in [2.45, 2.75) is 26.9 Å². The van der Waals surface area contributed by atoms with Gasteiger partial charge in [-0.25, -0.2) is 4.39 Å². The normalized spacial score (nSPS) is 12.8. The lowest BCUT2D eigenvalue weighted by atomic mass is 10.0. The molecule has 96 valence electrons. The Morgan fingerprint density at radius 2 is 1.89 bits per heavy atom. The Morgan fingerprint density at radius 1 is 1.22 bits per heavy atom. The average Bonchev–Trinajstić information content (AvgIpc) is 2.60. The van der Waals surface area contributed by atoms with E-state index in [0.29, 0.717) is 5.69 Å². The first kappa shape index (κ1) is 13.1. The fourth-order valence-corrected chi connectivity index (χ4v) is 2.22. The maximum absolute atomic E-state index is 13.9. The van der Waals surface area contributed by atoms with Gasteiger partial charge in [-0.1, -0.05) is 23.7 Å². The highest BCUT2D eigenvalue weighted by molar-refractivity contribution is 6.30. The lowest BCUT2D eigenvalue weighted by Crippen LogP contribution is -2.05. The van der Waals surface area contributed by atoms with E-state index >= 15 is 0 Å². The van der Waals surface area contributed by atoms with Crippen molar-refractivity contribution in [1.82, 2.24) is 4.98 Å². The fraction of sp³-hybridized carbons (Fsp3) is 0.286. The minimum Gasteiger partial charge on any atom is -0.382 e. The number of H-pyrrole nitrogens is 1. The number of benzene rings is 1. The summed E-state index contributed by atoms with van der Waals surface area (Å²) >= 11 is 5.73. The molecule has 0 saturated carbocycles. The van der Waals surface area contributed by atoms with Gasteiger partial charge in [0.25, 0.3) is 0 Å². The van der Waals surface area contributed by atoms with E-state index in [1.807, 2.05) is 20.8 Å². The van der Waals surface area contributed by atoms with Crippen LogP contribution in [0.25, 0.3) is 0 Å². The molecule has 1 atom stereocenters. The number of aryl methyl sites for hydroxylation is 1. The third kappa shape index (κ3) is 2.04. The molecule has 0 radical (unpaired) electrons. The van der Waals surface area contributed by atoms with Crippen molar-refractivity contribution in [3.63, 3.8) is 0 Å². The molecular weight excluding hydrogens is 253 g/mol. The minimum atomic E-state index is -1.03. The van der Waals surface area contributed by atoms with Gasteiger partial charge in [-0.05, 0) is 38.0 Å². The van der Waals surface area contributed by atoms with E-state index in [2.05, 4.69) is 4.98 Å². The van der Waals surface area contributed by atoms with Gasteiger partial charge in [0.05, 0.1) is 10.7 Å². The Kier molecular flexibility index (Phi) is 3.46. The van der Waals surface area contributed by atoms with Crippen LogP contribution in [0.2, 0.25) is 5.02 Å². The molecule has 0 amide bonds. The number of aromatic amines is 1. The third-order valence-corrected chi connectivity index (χ3v) is 3.69. The first-order valence-corrected chi connectivity index (χ1v) is 6.09. The maximum Gasteiger partial charge on any atom is 0.147 e. The second-order valence-corrected chi connectivity index (χ2v) is 4.87. The van der Waals surface area contributed by atoms with Crippen molar-refractivity contribution in [1.29, 1.82) is 0 Å². The van der Waals surface area contributed by atoms with Gasteiger partial charge in [-0.2, -0.15) is 0 Å². The number of rotatable bonds is 2. The van der Waals surface area contributed by atoms with Crippen LogP contribution >= 0.6 is 11.6 Å². The summed E-state index contributed by atoms with van der Waals surface area (Å²) in [5.74, 6) is -0.573. The molecule has 0 aliphatic heterocycles. The van der Waals surface area contributed by atoms with Crippen molar-refractivity contribution in [3.05, 3.63) is 57.1 Å². The van der Waals surface area contributed by atoms with Crippen LogP contribution in [-0.2, 0) is 0 Å². The molecule has 1 aromatic carbocycles. The minimum absolute atomic E-state index is 0.0178. The molecule has 18 heavy (non-hydrogen) atoms. The van der Waals surface area contributed by atoms with E-state index in [9.17, 15) is 9.50 Å². The summed E-state index contributed by atoms with van der Waals surface area (Å²) in [6, 6.07) is 4.63. The number of halogens is 2. The molecule has 0 aliphatic carbocycles. The van der Waals surface area contributed by atoms with Gasteiger partial charge in [0.2, 0.25) is 0 Å². The molecule has 0 fully saturated rings. The highest BCUT2D eigenvalue weighted by Gasteiger charge is 2.21. The summed E-state index contributed by atoms with van der Waals surface area (Å²) in [7, 11) is 0. The summed E-state index contributed by atoms with van der Waals surface area (Å²) in [5, 5.41) is 10.3. The standard InChI is InChI=1S/C14H15ClFNO/c1-7-8(2)13(17-9(7)3)14(18)10-5-4-6-11(15)12(10)16/h4-6,14,17-18H,1-3H3. The van der Waals surface area contributed by atoms with Crippen LogP contribution in [0.3, 0.4) is 0 Å². The lowest BCUT2D eigenvalue weighted by molar-refractivity contribution is 0.210. The van der Waals surface area contributed by atoms with Gasteiger partial charge in [-0.15, -0.1) is 0 Å². The van der Waals surface area contributed by atoms with Crippen LogP contribution in [0.1, 0.15) is 34.2 Å². The number of hydrogen-bond donors (Lipinski definition) is 2. The second-order valence-electron chi connectivity index (χ2n) is 4.46. The predicted molar refractivity (Wildman–Crippen MR) is 70.5 cm³/mol. The molecule has 2 N–H and O–H groups in total. The van der Waals surface area contributed by atoms with Crippen LogP contribution in [0.15, 0.2) is 18.2 Å². The van der Waals surface area contributed by atoms with Gasteiger partial charge in [0, 0.05) is 11.3 Å². The van der Waals surface area contributed by atoms with Crippen LogP contribution in [0.4, 0.5) is 4.39 Å². The molecule has 1 unspecified atom stereocenters. The van der Waals surface area contributed by atoms with Crippen molar-refractivity contribution in [2.75, 3.05) is 0 Å². The fourth-order valence-electron chi connectivity index (χ4n) is 2.03. The highest BCUT2D eigenvalue weighted by atomic mass is 35.5. The smallest absolute Gasteiger partial charge is 0.147 e. The molecule has 1 aromatic heterocycles. The summed E-state index contributed by atoms with van der Waals surface area (Å²) in [6.45, 7) is 5.79. The Morgan fingerprint density at radius 3 is 2.44 bits per heavy atom. The number of hydrogen-bond acceptors (Lipinski definition) is 1. The van der Waals surface area contributed by atoms with Crippen LogP contribution in [0.5, 0.6) is 0 Å². The molecule has 2 aromatic rings. The first-order valence-electron chi connectivity index (χ1n) is 5.71. The zero-order valence-electron chi connectivity index (χ0n) is 10.5. The van der Waals surface area contributed by atoms with E-state index in [1.165, 1.54) is 12.1 Å². The van der Waals surface area contributed by atoms with Crippen LogP contribution in [-0.4, -0.2) is 10.1 Å². The number of nitrogens with one attached hydrogen (secondary N) is 1. The van der Waals surface area contributed by atoms with Crippen molar-refractivity contribution < 1.29 is 9.50 Å². The first-order chi connectivity index (χ1) is 8.43. The SMILES string of the molecule is Cc1[nH]c(C(O)c2cccc(Cl)c2F)c(C)c1C. The maximum atomic E-state index is 13.9. The van der Waals surface area contributed by atoms with Gasteiger partial charge < -0.3 is 10.1 Å². The third-order valence-electron chi connectivity index (χ3n) is 3.40. The Balaban J connectivity index is 2.51. The quantitative estimate of drug-likeness (QED) is 0.853. The summed E-state index contributed by atoms with van der Waals surface area (Å²) in [5.41, 5.74) is 3.80. The largest absolute Gasteiger partial charge is 0.382 e. The van der Waals surface area contributed by atoms with Crippen LogP contribution < -0.4 is 0 Å². The van der Waals surface area contributed by atoms with E-state index < -0.39 is 11.9 Å². The predicted octanol–water partition coefficient (Wildman–Crippen LogP) is 3.81.